The molecule has 2 aliphatic rings. The van der Waals surface area contributed by atoms with E-state index in [1.165, 1.54) is 5.56 Å². The van der Waals surface area contributed by atoms with Crippen LogP contribution in [0.15, 0.2) is 28.7 Å². The number of ether oxygens (including phenoxy) is 1. The van der Waals surface area contributed by atoms with Gasteiger partial charge in [0.25, 0.3) is 0 Å². The number of carbonyl (C=O) groups excluding carboxylic acids is 1. The number of amides is 1. The minimum atomic E-state index is -0.0731. The van der Waals surface area contributed by atoms with E-state index in [1.807, 2.05) is 36.1 Å². The van der Waals surface area contributed by atoms with Crippen molar-refractivity contribution in [2.75, 3.05) is 13.2 Å². The van der Waals surface area contributed by atoms with Gasteiger partial charge in [-0.2, -0.15) is 0 Å². The first-order valence-electron chi connectivity index (χ1n) is 9.50. The number of nitrogens with zero attached hydrogens (tertiary/aromatic N) is 2. The van der Waals surface area contributed by atoms with Crippen molar-refractivity contribution in [3.05, 3.63) is 41.3 Å². The highest BCUT2D eigenvalue weighted by Crippen LogP contribution is 2.36. The molecule has 5 heteroatoms. The lowest BCUT2D eigenvalue weighted by Gasteiger charge is -2.26. The van der Waals surface area contributed by atoms with Gasteiger partial charge in [-0.25, -0.2) is 4.98 Å². The van der Waals surface area contributed by atoms with E-state index in [9.17, 15) is 4.79 Å². The predicted molar refractivity (Wildman–Crippen MR) is 98.6 cm³/mol. The summed E-state index contributed by atoms with van der Waals surface area (Å²) in [6.07, 6.45) is 4.50. The van der Waals surface area contributed by atoms with Crippen LogP contribution in [0.2, 0.25) is 0 Å². The molecule has 5 nitrogen and oxygen atoms in total. The van der Waals surface area contributed by atoms with Crippen molar-refractivity contribution >= 4 is 5.91 Å². The molecule has 2 fully saturated rings. The largest absolute Gasteiger partial charge is 0.441 e. The van der Waals surface area contributed by atoms with Crippen molar-refractivity contribution in [3.8, 4) is 11.5 Å². The number of rotatable bonds is 3. The molecule has 1 aromatic carbocycles. The second-order valence-corrected chi connectivity index (χ2v) is 7.59. The Morgan fingerprint density at radius 2 is 1.96 bits per heavy atom. The van der Waals surface area contributed by atoms with E-state index >= 15 is 0 Å². The number of aryl methyl sites for hydroxylation is 2. The number of hydrogen-bond acceptors (Lipinski definition) is 4. The summed E-state index contributed by atoms with van der Waals surface area (Å²) in [5, 5.41) is 0. The van der Waals surface area contributed by atoms with Gasteiger partial charge < -0.3 is 14.1 Å². The molecular weight excluding hydrogens is 328 g/mol. The summed E-state index contributed by atoms with van der Waals surface area (Å²) >= 11 is 0. The average Bonchev–Trinajstić information content (AvgIpc) is 3.20. The Balaban J connectivity index is 1.50. The fraction of sp³-hybridized carbons (Fsp3) is 0.524. The summed E-state index contributed by atoms with van der Waals surface area (Å²) in [7, 11) is 0. The molecule has 1 spiro atoms. The number of likely N-dealkylation sites (tertiary alicyclic amines) is 1. The second-order valence-electron chi connectivity index (χ2n) is 7.59. The summed E-state index contributed by atoms with van der Waals surface area (Å²) in [5.74, 6) is 1.59. The molecule has 1 atom stereocenters. The summed E-state index contributed by atoms with van der Waals surface area (Å²) in [6.45, 7) is 6.04. The first-order chi connectivity index (χ1) is 12.5. The monoisotopic (exact) mass is 354 g/mol. The third kappa shape index (κ3) is 3.40. The lowest BCUT2D eigenvalue weighted by Crippen LogP contribution is -2.32. The molecule has 2 aliphatic heterocycles. The van der Waals surface area contributed by atoms with Crippen LogP contribution < -0.4 is 0 Å². The van der Waals surface area contributed by atoms with Gasteiger partial charge in [0, 0.05) is 25.1 Å². The molecule has 0 N–H and O–H groups in total. The fourth-order valence-electron chi connectivity index (χ4n) is 3.97. The van der Waals surface area contributed by atoms with Crippen LogP contribution in [0.1, 0.15) is 49.1 Å². The van der Waals surface area contributed by atoms with Crippen molar-refractivity contribution in [1.82, 2.24) is 9.88 Å². The molecule has 2 saturated heterocycles. The lowest BCUT2D eigenvalue weighted by molar-refractivity contribution is -0.131. The zero-order valence-electron chi connectivity index (χ0n) is 15.6. The summed E-state index contributed by atoms with van der Waals surface area (Å²) < 4.78 is 11.9. The van der Waals surface area contributed by atoms with Crippen LogP contribution in [0.3, 0.4) is 0 Å². The second kappa shape index (κ2) is 6.88. The number of oxazole rings is 1. The van der Waals surface area contributed by atoms with Gasteiger partial charge in [0.2, 0.25) is 11.8 Å². The first kappa shape index (κ1) is 17.3. The molecular formula is C21H26N2O3. The minimum absolute atomic E-state index is 0.0731. The van der Waals surface area contributed by atoms with Gasteiger partial charge >= 0.3 is 0 Å². The van der Waals surface area contributed by atoms with E-state index in [2.05, 4.69) is 11.9 Å². The van der Waals surface area contributed by atoms with Crippen molar-refractivity contribution < 1.29 is 13.9 Å². The molecule has 0 aliphatic carbocycles. The molecule has 4 rings (SSSR count). The maximum Gasteiger partial charge on any atom is 0.226 e. The molecule has 0 unspecified atom stereocenters. The van der Waals surface area contributed by atoms with Crippen molar-refractivity contribution in [1.29, 1.82) is 0 Å². The van der Waals surface area contributed by atoms with Gasteiger partial charge in [0.15, 0.2) is 0 Å². The summed E-state index contributed by atoms with van der Waals surface area (Å²) in [4.78, 5) is 19.2. The van der Waals surface area contributed by atoms with E-state index in [-0.39, 0.29) is 11.5 Å². The van der Waals surface area contributed by atoms with Crippen molar-refractivity contribution in [2.45, 2.75) is 58.1 Å². The van der Waals surface area contributed by atoms with Gasteiger partial charge in [-0.15, -0.1) is 0 Å². The number of benzene rings is 1. The Labute approximate surface area is 154 Å². The molecule has 0 radical (unpaired) electrons. The number of hydrogen-bond donors (Lipinski definition) is 0. The Morgan fingerprint density at radius 1 is 1.15 bits per heavy atom. The van der Waals surface area contributed by atoms with Gasteiger partial charge in [-0.1, -0.05) is 17.7 Å². The van der Waals surface area contributed by atoms with Gasteiger partial charge in [0.05, 0.1) is 12.1 Å². The Morgan fingerprint density at radius 3 is 2.69 bits per heavy atom. The molecule has 0 bridgehead atoms. The molecule has 138 valence electrons. The maximum atomic E-state index is 12.6. The highest BCUT2D eigenvalue weighted by atomic mass is 16.5. The van der Waals surface area contributed by atoms with E-state index in [0.717, 1.165) is 55.9 Å². The Hall–Kier alpha value is -2.14. The standard InChI is InChI=1S/C21H26N2O3/c1-15-4-6-17(7-5-15)20-22-18(16(2)26-20)14-23-12-11-21(9-3-13-25-21)10-8-19(23)24/h4-7H,3,8-14H2,1-2H3/t21-/m1/s1. The molecule has 3 heterocycles. The third-order valence-electron chi connectivity index (χ3n) is 5.70. The van der Waals surface area contributed by atoms with E-state index < -0.39 is 0 Å². The van der Waals surface area contributed by atoms with Gasteiger partial charge in [-0.05, 0) is 51.7 Å². The summed E-state index contributed by atoms with van der Waals surface area (Å²) in [5.41, 5.74) is 2.94. The first-order valence-corrected chi connectivity index (χ1v) is 9.50. The van der Waals surface area contributed by atoms with E-state index in [0.29, 0.717) is 18.9 Å². The average molecular weight is 354 g/mol. The number of aromatic nitrogens is 1. The van der Waals surface area contributed by atoms with Crippen LogP contribution in [-0.4, -0.2) is 34.5 Å². The SMILES string of the molecule is Cc1ccc(-c2nc(CN3CC[C@@]4(CCCO4)CCC3=O)c(C)o2)cc1. The quantitative estimate of drug-likeness (QED) is 0.835. The molecule has 1 aromatic heterocycles. The van der Waals surface area contributed by atoms with Crippen LogP contribution in [0, 0.1) is 13.8 Å². The molecule has 1 amide bonds. The van der Waals surface area contributed by atoms with Crippen LogP contribution in [0.4, 0.5) is 0 Å². The number of carbonyl (C=O) groups is 1. The normalized spacial score (nSPS) is 23.6. The van der Waals surface area contributed by atoms with Gasteiger partial charge in [0.1, 0.15) is 11.5 Å². The maximum absolute atomic E-state index is 12.6. The lowest BCUT2D eigenvalue weighted by atomic mass is 9.92. The van der Waals surface area contributed by atoms with E-state index in [4.69, 9.17) is 9.15 Å². The highest BCUT2D eigenvalue weighted by molar-refractivity contribution is 5.76. The van der Waals surface area contributed by atoms with Crippen LogP contribution in [0.25, 0.3) is 11.5 Å². The zero-order valence-corrected chi connectivity index (χ0v) is 15.6. The highest BCUT2D eigenvalue weighted by Gasteiger charge is 2.38. The molecule has 0 saturated carbocycles. The zero-order chi connectivity index (χ0) is 18.1. The topological polar surface area (TPSA) is 55.6 Å². The van der Waals surface area contributed by atoms with Crippen LogP contribution >= 0.6 is 0 Å². The van der Waals surface area contributed by atoms with Crippen molar-refractivity contribution in [3.63, 3.8) is 0 Å². The van der Waals surface area contributed by atoms with Crippen LogP contribution in [0.5, 0.6) is 0 Å². The Bertz CT molecular complexity index is 788. The van der Waals surface area contributed by atoms with Gasteiger partial charge in [-0.3, -0.25) is 4.79 Å². The minimum Gasteiger partial charge on any atom is -0.441 e. The molecule has 26 heavy (non-hydrogen) atoms. The fourth-order valence-corrected chi connectivity index (χ4v) is 3.97. The molecule has 2 aromatic rings. The van der Waals surface area contributed by atoms with Crippen LogP contribution in [-0.2, 0) is 16.1 Å². The van der Waals surface area contributed by atoms with Crippen molar-refractivity contribution in [2.24, 2.45) is 0 Å². The smallest absolute Gasteiger partial charge is 0.226 e. The summed E-state index contributed by atoms with van der Waals surface area (Å²) in [6, 6.07) is 8.13. The Kier molecular flexibility index (Phi) is 4.57. The predicted octanol–water partition coefficient (Wildman–Crippen LogP) is 4.02. The van der Waals surface area contributed by atoms with E-state index in [1.54, 1.807) is 0 Å². The third-order valence-corrected chi connectivity index (χ3v) is 5.70.